The van der Waals surface area contributed by atoms with E-state index >= 15 is 0 Å². The molecule has 4 aromatic rings. The van der Waals surface area contributed by atoms with Crippen molar-refractivity contribution in [1.82, 2.24) is 15.2 Å². The standard InChI is InChI=1S/C30H29N5O2S/c1-3-26(36)34-15-7-10-22(18-34)32-17-25-28-27-23(13-14-31-29(27)38-25)35(30(37)33-28)24-16-21(12-11-19(24)2)20-8-5-4-6-9-20/h3-6,8-9,11-14,16,22,32H,1,7,10,15,17-18H2,2H3,(H,33,37)/t22-/m1/s1. The van der Waals surface area contributed by atoms with Crippen LogP contribution >= 0.6 is 11.3 Å². The number of carbonyl (C=O) groups is 2. The van der Waals surface area contributed by atoms with Crippen molar-refractivity contribution in [3.63, 3.8) is 0 Å². The maximum Gasteiger partial charge on any atom is 0.331 e. The molecule has 0 saturated carbocycles. The number of rotatable bonds is 6. The third-order valence-electron chi connectivity index (χ3n) is 7.33. The van der Waals surface area contributed by atoms with E-state index in [0.717, 1.165) is 68.2 Å². The van der Waals surface area contributed by atoms with Crippen LogP contribution < -0.4 is 15.5 Å². The lowest BCUT2D eigenvalue weighted by Crippen LogP contribution is -2.47. The molecule has 2 aliphatic heterocycles. The summed E-state index contributed by atoms with van der Waals surface area (Å²) < 4.78 is 0. The third-order valence-corrected chi connectivity index (χ3v) is 8.43. The Kier molecular flexibility index (Phi) is 6.43. The molecule has 3 amide bonds. The van der Waals surface area contributed by atoms with Crippen molar-refractivity contribution in [3.8, 4) is 11.1 Å². The second kappa shape index (κ2) is 10.0. The fourth-order valence-corrected chi connectivity index (χ4v) is 6.44. The molecule has 192 valence electrons. The summed E-state index contributed by atoms with van der Waals surface area (Å²) in [5.74, 6) is -0.0266. The fourth-order valence-electron chi connectivity index (χ4n) is 5.38. The number of aryl methyl sites for hydroxylation is 1. The van der Waals surface area contributed by atoms with Crippen molar-refractivity contribution in [3.05, 3.63) is 83.9 Å². The minimum absolute atomic E-state index is 0.0266. The summed E-state index contributed by atoms with van der Waals surface area (Å²) in [5.41, 5.74) is 5.69. The van der Waals surface area contributed by atoms with Crippen LogP contribution in [-0.2, 0) is 11.3 Å². The monoisotopic (exact) mass is 523 g/mol. The molecule has 2 aromatic heterocycles. The summed E-state index contributed by atoms with van der Waals surface area (Å²) in [6.45, 7) is 7.66. The number of aromatic nitrogens is 1. The lowest BCUT2D eigenvalue weighted by Gasteiger charge is -2.33. The largest absolute Gasteiger partial charge is 0.338 e. The predicted octanol–water partition coefficient (Wildman–Crippen LogP) is 6.22. The quantitative estimate of drug-likeness (QED) is 0.294. The van der Waals surface area contributed by atoms with Crippen LogP contribution in [0.4, 0.5) is 21.9 Å². The molecule has 1 saturated heterocycles. The van der Waals surface area contributed by atoms with E-state index in [1.807, 2.05) is 36.1 Å². The van der Waals surface area contributed by atoms with Crippen LogP contribution in [0.5, 0.6) is 0 Å². The Bertz CT molecular complexity index is 1550. The highest BCUT2D eigenvalue weighted by Gasteiger charge is 2.32. The molecule has 2 N–H and O–H groups in total. The third kappa shape index (κ3) is 4.36. The number of nitrogens with one attached hydrogen (secondary N) is 2. The molecule has 6 rings (SSSR count). The number of anilines is 3. The average molecular weight is 524 g/mol. The van der Waals surface area contributed by atoms with Crippen molar-refractivity contribution in [2.75, 3.05) is 23.3 Å². The summed E-state index contributed by atoms with van der Waals surface area (Å²) in [6, 6.07) is 18.3. The number of hydrogen-bond donors (Lipinski definition) is 2. The maximum atomic E-state index is 13.6. The maximum absolute atomic E-state index is 13.6. The first kappa shape index (κ1) is 24.3. The summed E-state index contributed by atoms with van der Waals surface area (Å²) in [7, 11) is 0. The number of urea groups is 1. The first-order valence-electron chi connectivity index (χ1n) is 12.9. The van der Waals surface area contributed by atoms with Gasteiger partial charge in [0.2, 0.25) is 5.91 Å². The highest BCUT2D eigenvalue weighted by molar-refractivity contribution is 7.19. The van der Waals surface area contributed by atoms with Gasteiger partial charge in [-0.05, 0) is 54.7 Å². The molecule has 8 heteroatoms. The fraction of sp³-hybridized carbons (Fsp3) is 0.233. The van der Waals surface area contributed by atoms with Gasteiger partial charge in [-0.25, -0.2) is 9.78 Å². The number of hydrogen-bond acceptors (Lipinski definition) is 5. The zero-order chi connectivity index (χ0) is 26.2. The number of likely N-dealkylation sites (tertiary alicyclic amines) is 1. The molecule has 0 unspecified atom stereocenters. The topological polar surface area (TPSA) is 77.6 Å². The molecular weight excluding hydrogens is 494 g/mol. The highest BCUT2D eigenvalue weighted by atomic mass is 32.1. The first-order valence-corrected chi connectivity index (χ1v) is 13.7. The van der Waals surface area contributed by atoms with Gasteiger partial charge in [0.1, 0.15) is 4.83 Å². The molecule has 7 nitrogen and oxygen atoms in total. The van der Waals surface area contributed by atoms with E-state index in [1.54, 1.807) is 22.4 Å². The van der Waals surface area contributed by atoms with Gasteiger partial charge in [0.25, 0.3) is 0 Å². The van der Waals surface area contributed by atoms with Crippen molar-refractivity contribution in [2.24, 2.45) is 0 Å². The van der Waals surface area contributed by atoms with Crippen LogP contribution in [-0.4, -0.2) is 41.0 Å². The van der Waals surface area contributed by atoms with E-state index in [1.165, 1.54) is 6.08 Å². The van der Waals surface area contributed by atoms with Crippen molar-refractivity contribution < 1.29 is 9.59 Å². The molecule has 0 spiro atoms. The minimum Gasteiger partial charge on any atom is -0.338 e. The molecule has 38 heavy (non-hydrogen) atoms. The van der Waals surface area contributed by atoms with Crippen LogP contribution in [0, 0.1) is 6.92 Å². The van der Waals surface area contributed by atoms with Gasteiger partial charge in [-0.15, -0.1) is 11.3 Å². The van der Waals surface area contributed by atoms with Gasteiger partial charge in [0.15, 0.2) is 0 Å². The minimum atomic E-state index is -0.182. The number of piperidine rings is 1. The highest BCUT2D eigenvalue weighted by Crippen LogP contribution is 2.46. The Morgan fingerprint density at radius 1 is 1.18 bits per heavy atom. The van der Waals surface area contributed by atoms with Crippen molar-refractivity contribution in [2.45, 2.75) is 32.4 Å². The van der Waals surface area contributed by atoms with Crippen LogP contribution in [0.25, 0.3) is 21.3 Å². The van der Waals surface area contributed by atoms with Crippen LogP contribution in [0.3, 0.4) is 0 Å². The molecule has 1 fully saturated rings. The normalized spacial score (nSPS) is 17.0. The molecule has 2 aromatic carbocycles. The van der Waals surface area contributed by atoms with Crippen LogP contribution in [0.15, 0.2) is 73.4 Å². The van der Waals surface area contributed by atoms with E-state index in [4.69, 9.17) is 0 Å². The van der Waals surface area contributed by atoms with Gasteiger partial charge in [-0.1, -0.05) is 49.0 Å². The van der Waals surface area contributed by atoms with Crippen LogP contribution in [0.1, 0.15) is 23.3 Å². The number of benzene rings is 2. The summed E-state index contributed by atoms with van der Waals surface area (Å²) in [4.78, 5) is 35.9. The van der Waals surface area contributed by atoms with E-state index in [2.05, 4.69) is 52.5 Å². The number of nitrogens with zero attached hydrogens (tertiary/aromatic N) is 3. The zero-order valence-corrected chi connectivity index (χ0v) is 22.1. The molecular formula is C30H29N5O2S. The number of pyridine rings is 1. The van der Waals surface area contributed by atoms with E-state index < -0.39 is 0 Å². The molecule has 2 aliphatic rings. The Morgan fingerprint density at radius 2 is 2.03 bits per heavy atom. The smallest absolute Gasteiger partial charge is 0.331 e. The molecule has 0 bridgehead atoms. The zero-order valence-electron chi connectivity index (χ0n) is 21.2. The van der Waals surface area contributed by atoms with E-state index in [9.17, 15) is 9.59 Å². The second-order valence-electron chi connectivity index (χ2n) is 9.75. The number of carbonyl (C=O) groups excluding carboxylic acids is 2. The van der Waals surface area contributed by atoms with Gasteiger partial charge in [-0.2, -0.15) is 0 Å². The van der Waals surface area contributed by atoms with Crippen LogP contribution in [0.2, 0.25) is 0 Å². The van der Waals surface area contributed by atoms with Gasteiger partial charge >= 0.3 is 6.03 Å². The molecule has 1 atom stereocenters. The van der Waals surface area contributed by atoms with Gasteiger partial charge in [-0.3, -0.25) is 9.69 Å². The number of amides is 3. The molecule has 0 radical (unpaired) electrons. The van der Waals surface area contributed by atoms with E-state index in [-0.39, 0.29) is 18.0 Å². The SMILES string of the molecule is C=CC(=O)N1CCC[C@@H](NCc2sc3nccc4c3c2NC(=O)N4c2cc(-c3ccccc3)ccc2C)C1. The van der Waals surface area contributed by atoms with Crippen molar-refractivity contribution >= 4 is 50.6 Å². The second-order valence-corrected chi connectivity index (χ2v) is 10.8. The van der Waals surface area contributed by atoms with Gasteiger partial charge < -0.3 is 15.5 Å². The Labute approximate surface area is 225 Å². The Hall–Kier alpha value is -4.01. The molecule has 4 heterocycles. The lowest BCUT2D eigenvalue weighted by atomic mass is 10.0. The van der Waals surface area contributed by atoms with Crippen molar-refractivity contribution in [1.29, 1.82) is 0 Å². The lowest BCUT2D eigenvalue weighted by molar-refractivity contribution is -0.127. The first-order chi connectivity index (χ1) is 18.5. The van der Waals surface area contributed by atoms with Gasteiger partial charge in [0.05, 0.1) is 22.4 Å². The summed E-state index contributed by atoms with van der Waals surface area (Å²) >= 11 is 1.59. The summed E-state index contributed by atoms with van der Waals surface area (Å²) in [5, 5.41) is 7.74. The predicted molar refractivity (Wildman–Crippen MR) is 154 cm³/mol. The Morgan fingerprint density at radius 3 is 2.84 bits per heavy atom. The molecule has 0 aliphatic carbocycles. The number of thiophene rings is 1. The van der Waals surface area contributed by atoms with E-state index in [0.29, 0.717) is 13.1 Å². The summed E-state index contributed by atoms with van der Waals surface area (Å²) in [6.07, 6.45) is 5.11. The van der Waals surface area contributed by atoms with Gasteiger partial charge in [0, 0.05) is 36.8 Å². The Balaban J connectivity index is 1.32. The average Bonchev–Trinajstić information content (AvgIpc) is 3.31.